The smallest absolute Gasteiger partial charge is 0.0414 e. The lowest BCUT2D eigenvalue weighted by atomic mass is 9.99. The Morgan fingerprint density at radius 2 is 1.05 bits per heavy atom. The van der Waals surface area contributed by atoms with Crippen molar-refractivity contribution in [3.05, 3.63) is 0 Å². The standard InChI is InChI=1S/C14H28.C5H10/c1-2-3-4-5-6-7-8-11-14-12-9-10-13-14;1-2-4-5-3-1/h14H,2-13H2,1H3;1-5H2. The molecule has 0 saturated heterocycles. The molecule has 0 amide bonds. The Balaban J connectivity index is 0.000000300. The fourth-order valence-corrected chi connectivity index (χ4v) is 3.57. The van der Waals surface area contributed by atoms with E-state index in [0.29, 0.717) is 0 Å². The Labute approximate surface area is 122 Å². The van der Waals surface area contributed by atoms with Gasteiger partial charge in [0.05, 0.1) is 0 Å². The molecule has 0 aromatic rings. The molecule has 2 rings (SSSR count). The number of hydrogen-bond donors (Lipinski definition) is 0. The van der Waals surface area contributed by atoms with Gasteiger partial charge >= 0.3 is 0 Å². The van der Waals surface area contributed by atoms with Crippen LogP contribution in [-0.4, -0.2) is 0 Å². The number of rotatable bonds is 8. The van der Waals surface area contributed by atoms with Gasteiger partial charge in [-0.15, -0.1) is 0 Å². The topological polar surface area (TPSA) is 0 Å². The molecule has 2 aliphatic carbocycles. The molecular weight excluding hydrogens is 228 g/mol. The molecule has 0 spiro atoms. The molecule has 2 aliphatic rings. The van der Waals surface area contributed by atoms with E-state index in [4.69, 9.17) is 0 Å². The molecule has 0 nitrogen and oxygen atoms in total. The molecule has 0 aliphatic heterocycles. The molecule has 19 heavy (non-hydrogen) atoms. The quantitative estimate of drug-likeness (QED) is 0.405. The van der Waals surface area contributed by atoms with Crippen molar-refractivity contribution in [3.8, 4) is 0 Å². The minimum Gasteiger partial charge on any atom is -0.0654 e. The van der Waals surface area contributed by atoms with E-state index >= 15 is 0 Å². The van der Waals surface area contributed by atoms with Gasteiger partial charge in [-0.3, -0.25) is 0 Å². The Morgan fingerprint density at radius 3 is 1.58 bits per heavy atom. The maximum atomic E-state index is 2.29. The molecule has 2 fully saturated rings. The fraction of sp³-hybridized carbons (Fsp3) is 1.00. The minimum absolute atomic E-state index is 1.12. The van der Waals surface area contributed by atoms with Crippen molar-refractivity contribution in [3.63, 3.8) is 0 Å². The van der Waals surface area contributed by atoms with Gasteiger partial charge in [0.15, 0.2) is 0 Å². The lowest BCUT2D eigenvalue weighted by molar-refractivity contribution is 0.461. The van der Waals surface area contributed by atoms with Crippen LogP contribution in [0.5, 0.6) is 0 Å². The van der Waals surface area contributed by atoms with Crippen LogP contribution < -0.4 is 0 Å². The maximum Gasteiger partial charge on any atom is -0.0414 e. The molecule has 0 unspecified atom stereocenters. The molecule has 0 N–H and O–H groups in total. The molecule has 0 radical (unpaired) electrons. The first-order valence-electron chi connectivity index (χ1n) is 9.43. The lowest BCUT2D eigenvalue weighted by Crippen LogP contribution is -1.92. The average Bonchev–Trinajstić information content (AvgIpc) is 3.13. The zero-order valence-corrected chi connectivity index (χ0v) is 13.6. The van der Waals surface area contributed by atoms with E-state index in [0.717, 1.165) is 5.92 Å². The Hall–Kier alpha value is 0. The Morgan fingerprint density at radius 1 is 0.579 bits per heavy atom. The van der Waals surface area contributed by atoms with Crippen LogP contribution in [0, 0.1) is 5.92 Å². The van der Waals surface area contributed by atoms with Gasteiger partial charge in [-0.2, -0.15) is 0 Å². The largest absolute Gasteiger partial charge is 0.0654 e. The monoisotopic (exact) mass is 266 g/mol. The summed E-state index contributed by atoms with van der Waals surface area (Å²) in [7, 11) is 0. The highest BCUT2D eigenvalue weighted by molar-refractivity contribution is 4.66. The first-order chi connectivity index (χ1) is 9.43. The summed E-state index contributed by atoms with van der Waals surface area (Å²) in [5.41, 5.74) is 0. The van der Waals surface area contributed by atoms with Crippen molar-refractivity contribution in [1.29, 1.82) is 0 Å². The molecule has 0 heterocycles. The van der Waals surface area contributed by atoms with E-state index in [1.165, 1.54) is 109 Å². The summed E-state index contributed by atoms with van der Waals surface area (Å²) < 4.78 is 0. The molecule has 0 aromatic heterocycles. The third-order valence-electron chi connectivity index (χ3n) is 4.94. The maximum absolute atomic E-state index is 2.29. The van der Waals surface area contributed by atoms with Gasteiger partial charge in [0.1, 0.15) is 0 Å². The van der Waals surface area contributed by atoms with Crippen molar-refractivity contribution in [1.82, 2.24) is 0 Å². The van der Waals surface area contributed by atoms with Crippen LogP contribution in [0.4, 0.5) is 0 Å². The van der Waals surface area contributed by atoms with Crippen LogP contribution in [-0.2, 0) is 0 Å². The van der Waals surface area contributed by atoms with Crippen LogP contribution in [0.3, 0.4) is 0 Å². The molecular formula is C19H38. The van der Waals surface area contributed by atoms with E-state index in [1.54, 1.807) is 0 Å². The van der Waals surface area contributed by atoms with Crippen molar-refractivity contribution >= 4 is 0 Å². The third-order valence-corrected chi connectivity index (χ3v) is 4.94. The molecule has 2 saturated carbocycles. The van der Waals surface area contributed by atoms with Gasteiger partial charge in [0.25, 0.3) is 0 Å². The summed E-state index contributed by atoms with van der Waals surface area (Å²) in [6.45, 7) is 2.29. The van der Waals surface area contributed by atoms with E-state index in [-0.39, 0.29) is 0 Å². The van der Waals surface area contributed by atoms with Gasteiger partial charge in [-0.25, -0.2) is 0 Å². The summed E-state index contributed by atoms with van der Waals surface area (Å²) in [5.74, 6) is 1.12. The highest BCUT2D eigenvalue weighted by Gasteiger charge is 2.13. The first-order valence-corrected chi connectivity index (χ1v) is 9.43. The minimum atomic E-state index is 1.12. The second-order valence-corrected chi connectivity index (χ2v) is 6.83. The average molecular weight is 267 g/mol. The molecule has 0 aromatic carbocycles. The lowest BCUT2D eigenvalue weighted by Gasteiger charge is -2.07. The van der Waals surface area contributed by atoms with Crippen LogP contribution in [0.1, 0.15) is 116 Å². The zero-order valence-electron chi connectivity index (χ0n) is 13.6. The van der Waals surface area contributed by atoms with Gasteiger partial charge in [0.2, 0.25) is 0 Å². The highest BCUT2D eigenvalue weighted by atomic mass is 14.2. The fourth-order valence-electron chi connectivity index (χ4n) is 3.57. The van der Waals surface area contributed by atoms with E-state index in [1.807, 2.05) is 0 Å². The first kappa shape index (κ1) is 17.1. The third kappa shape index (κ3) is 10.4. The Bertz CT molecular complexity index is 155. The molecule has 0 heteroatoms. The van der Waals surface area contributed by atoms with Gasteiger partial charge in [0, 0.05) is 0 Å². The summed E-state index contributed by atoms with van der Waals surface area (Å²) in [4.78, 5) is 0. The van der Waals surface area contributed by atoms with Crippen LogP contribution in [0.2, 0.25) is 0 Å². The van der Waals surface area contributed by atoms with Crippen LogP contribution in [0.25, 0.3) is 0 Å². The molecule has 0 atom stereocenters. The van der Waals surface area contributed by atoms with Crippen molar-refractivity contribution in [2.45, 2.75) is 116 Å². The number of unbranched alkanes of at least 4 members (excludes halogenated alkanes) is 6. The van der Waals surface area contributed by atoms with Gasteiger partial charge in [-0.1, -0.05) is 116 Å². The van der Waals surface area contributed by atoms with Crippen molar-refractivity contribution < 1.29 is 0 Å². The number of hydrogen-bond acceptors (Lipinski definition) is 0. The van der Waals surface area contributed by atoms with Crippen molar-refractivity contribution in [2.24, 2.45) is 5.92 Å². The predicted octanol–water partition coefficient (Wildman–Crippen LogP) is 7.27. The van der Waals surface area contributed by atoms with E-state index in [9.17, 15) is 0 Å². The van der Waals surface area contributed by atoms with E-state index < -0.39 is 0 Å². The summed E-state index contributed by atoms with van der Waals surface area (Å²) in [6, 6.07) is 0. The van der Waals surface area contributed by atoms with Gasteiger partial charge in [-0.05, 0) is 5.92 Å². The van der Waals surface area contributed by atoms with Crippen LogP contribution >= 0.6 is 0 Å². The second kappa shape index (κ2) is 13.0. The van der Waals surface area contributed by atoms with Gasteiger partial charge < -0.3 is 0 Å². The Kier molecular flexibility index (Phi) is 11.7. The van der Waals surface area contributed by atoms with E-state index in [2.05, 4.69) is 6.92 Å². The summed E-state index contributed by atoms with van der Waals surface area (Å²) >= 11 is 0. The summed E-state index contributed by atoms with van der Waals surface area (Å²) in [6.07, 6.45) is 25.4. The van der Waals surface area contributed by atoms with Crippen LogP contribution in [0.15, 0.2) is 0 Å². The SMILES string of the molecule is C1CCCC1.CCCCCCCCCC1CCCC1. The predicted molar refractivity (Wildman–Crippen MR) is 87.7 cm³/mol. The second-order valence-electron chi connectivity index (χ2n) is 6.83. The molecule has 114 valence electrons. The highest BCUT2D eigenvalue weighted by Crippen LogP contribution is 2.29. The van der Waals surface area contributed by atoms with Crippen molar-refractivity contribution in [2.75, 3.05) is 0 Å². The normalized spacial score (nSPS) is 19.4. The summed E-state index contributed by atoms with van der Waals surface area (Å²) in [5, 5.41) is 0. The zero-order chi connectivity index (χ0) is 13.6. The molecule has 0 bridgehead atoms.